The molecule has 2 aliphatic rings. The second-order valence-electron chi connectivity index (χ2n) is 7.88. The third-order valence-corrected chi connectivity index (χ3v) is 5.83. The third-order valence-electron chi connectivity index (χ3n) is 5.83. The highest BCUT2D eigenvalue weighted by Gasteiger charge is 2.44. The van der Waals surface area contributed by atoms with Crippen molar-refractivity contribution in [2.45, 2.75) is 90.1 Å². The Bertz CT molecular complexity index is 283. The van der Waals surface area contributed by atoms with Gasteiger partial charge in [-0.2, -0.15) is 0 Å². The van der Waals surface area contributed by atoms with Gasteiger partial charge < -0.3 is 10.4 Å². The Morgan fingerprint density at radius 2 is 1.70 bits per heavy atom. The Morgan fingerprint density at radius 1 is 1.05 bits per heavy atom. The van der Waals surface area contributed by atoms with E-state index in [1.54, 1.807) is 0 Å². The lowest BCUT2D eigenvalue weighted by atomic mass is 9.65. The van der Waals surface area contributed by atoms with Gasteiger partial charge in [0.25, 0.3) is 0 Å². The fourth-order valence-corrected chi connectivity index (χ4v) is 4.81. The predicted octanol–water partition coefficient (Wildman–Crippen LogP) is 4.12. The van der Waals surface area contributed by atoms with Crippen molar-refractivity contribution in [1.82, 2.24) is 5.32 Å². The minimum absolute atomic E-state index is 0.0131. The van der Waals surface area contributed by atoms with Gasteiger partial charge in [0.1, 0.15) is 0 Å². The van der Waals surface area contributed by atoms with Gasteiger partial charge in [0, 0.05) is 11.6 Å². The molecule has 2 fully saturated rings. The molecule has 2 saturated carbocycles. The predicted molar refractivity (Wildman–Crippen MR) is 85.8 cm³/mol. The molecular formula is C18H35NO. The number of rotatable bonds is 4. The number of hydrogen-bond donors (Lipinski definition) is 2. The summed E-state index contributed by atoms with van der Waals surface area (Å²) in [5.74, 6) is 2.04. The molecule has 0 saturated heterocycles. The molecule has 0 aromatic heterocycles. The lowest BCUT2D eigenvalue weighted by Gasteiger charge is -2.49. The summed E-state index contributed by atoms with van der Waals surface area (Å²) >= 11 is 0. The summed E-state index contributed by atoms with van der Waals surface area (Å²) in [5, 5.41) is 14.2. The zero-order chi connectivity index (χ0) is 14.6. The SMILES string of the molecule is CC1CCC(C(C)C)C(CO)(NC2CCCCCC2)C1. The summed E-state index contributed by atoms with van der Waals surface area (Å²) in [5.41, 5.74) is -0.0131. The van der Waals surface area contributed by atoms with Gasteiger partial charge in [0.2, 0.25) is 0 Å². The van der Waals surface area contributed by atoms with E-state index in [0.717, 1.165) is 12.3 Å². The van der Waals surface area contributed by atoms with Crippen molar-refractivity contribution in [3.8, 4) is 0 Å². The van der Waals surface area contributed by atoms with Gasteiger partial charge in [0.15, 0.2) is 0 Å². The molecule has 0 aromatic rings. The average molecular weight is 281 g/mol. The van der Waals surface area contributed by atoms with Crippen LogP contribution in [0.4, 0.5) is 0 Å². The Labute approximate surface area is 125 Å². The summed E-state index contributed by atoms with van der Waals surface area (Å²) in [6.07, 6.45) is 11.9. The summed E-state index contributed by atoms with van der Waals surface area (Å²) in [6.45, 7) is 7.34. The molecule has 0 aliphatic heterocycles. The maximum Gasteiger partial charge on any atom is 0.0616 e. The van der Waals surface area contributed by atoms with Crippen molar-refractivity contribution in [2.24, 2.45) is 17.8 Å². The van der Waals surface area contributed by atoms with Crippen molar-refractivity contribution in [3.05, 3.63) is 0 Å². The molecule has 0 amide bonds. The standard InChI is InChI=1S/C18H35NO/c1-14(2)17-11-10-15(3)12-18(17,13-20)19-16-8-6-4-5-7-9-16/h14-17,19-20H,4-13H2,1-3H3. The molecule has 0 aromatic carbocycles. The summed E-state index contributed by atoms with van der Waals surface area (Å²) < 4.78 is 0. The van der Waals surface area contributed by atoms with E-state index in [1.807, 2.05) is 0 Å². The van der Waals surface area contributed by atoms with E-state index >= 15 is 0 Å². The molecule has 2 N–H and O–H groups in total. The number of aliphatic hydroxyl groups is 1. The Balaban J connectivity index is 2.10. The van der Waals surface area contributed by atoms with Crippen molar-refractivity contribution >= 4 is 0 Å². The maximum absolute atomic E-state index is 10.2. The lowest BCUT2D eigenvalue weighted by Crippen LogP contribution is -2.61. The molecule has 0 bridgehead atoms. The second kappa shape index (κ2) is 7.26. The molecule has 118 valence electrons. The van der Waals surface area contributed by atoms with Crippen LogP contribution in [0.2, 0.25) is 0 Å². The van der Waals surface area contributed by atoms with Crippen molar-refractivity contribution in [1.29, 1.82) is 0 Å². The number of aliphatic hydroxyl groups excluding tert-OH is 1. The van der Waals surface area contributed by atoms with Gasteiger partial charge in [-0.15, -0.1) is 0 Å². The van der Waals surface area contributed by atoms with Crippen LogP contribution < -0.4 is 5.32 Å². The quantitative estimate of drug-likeness (QED) is 0.760. The molecule has 2 aliphatic carbocycles. The van der Waals surface area contributed by atoms with Crippen molar-refractivity contribution in [2.75, 3.05) is 6.61 Å². The van der Waals surface area contributed by atoms with E-state index in [-0.39, 0.29) is 5.54 Å². The minimum atomic E-state index is -0.0131. The summed E-state index contributed by atoms with van der Waals surface area (Å²) in [4.78, 5) is 0. The Hall–Kier alpha value is -0.0800. The van der Waals surface area contributed by atoms with Gasteiger partial charge in [0.05, 0.1) is 6.61 Å². The second-order valence-corrected chi connectivity index (χ2v) is 7.88. The number of hydrogen-bond acceptors (Lipinski definition) is 2. The zero-order valence-electron chi connectivity index (χ0n) is 13.8. The molecular weight excluding hydrogens is 246 g/mol. The van der Waals surface area contributed by atoms with Gasteiger partial charge in [-0.05, 0) is 43.4 Å². The zero-order valence-corrected chi connectivity index (χ0v) is 13.8. The lowest BCUT2D eigenvalue weighted by molar-refractivity contribution is 0.0134. The van der Waals surface area contributed by atoms with Crippen LogP contribution in [0.15, 0.2) is 0 Å². The molecule has 2 nitrogen and oxygen atoms in total. The fraction of sp³-hybridized carbons (Fsp3) is 1.00. The normalized spacial score (nSPS) is 37.0. The fourth-order valence-electron chi connectivity index (χ4n) is 4.81. The van der Waals surface area contributed by atoms with Crippen LogP contribution in [0, 0.1) is 17.8 Å². The largest absolute Gasteiger partial charge is 0.394 e. The van der Waals surface area contributed by atoms with E-state index in [2.05, 4.69) is 26.1 Å². The topological polar surface area (TPSA) is 32.3 Å². The van der Waals surface area contributed by atoms with E-state index in [9.17, 15) is 5.11 Å². The first-order valence-corrected chi connectivity index (χ1v) is 8.96. The Morgan fingerprint density at radius 3 is 2.25 bits per heavy atom. The van der Waals surface area contributed by atoms with E-state index in [0.29, 0.717) is 24.5 Å². The van der Waals surface area contributed by atoms with Gasteiger partial charge >= 0.3 is 0 Å². The number of nitrogens with one attached hydrogen (secondary N) is 1. The smallest absolute Gasteiger partial charge is 0.0616 e. The van der Waals surface area contributed by atoms with Gasteiger partial charge in [-0.3, -0.25) is 0 Å². The van der Waals surface area contributed by atoms with Gasteiger partial charge in [-0.1, -0.05) is 52.9 Å². The van der Waals surface area contributed by atoms with Crippen LogP contribution in [0.25, 0.3) is 0 Å². The van der Waals surface area contributed by atoms with E-state index in [1.165, 1.54) is 51.4 Å². The highest BCUT2D eigenvalue weighted by atomic mass is 16.3. The van der Waals surface area contributed by atoms with Crippen LogP contribution in [0.1, 0.15) is 78.6 Å². The monoisotopic (exact) mass is 281 g/mol. The Kier molecular flexibility index (Phi) is 5.92. The summed E-state index contributed by atoms with van der Waals surface area (Å²) in [7, 11) is 0. The summed E-state index contributed by atoms with van der Waals surface area (Å²) in [6, 6.07) is 0.635. The highest BCUT2D eigenvalue weighted by molar-refractivity contribution is 5.01. The highest BCUT2D eigenvalue weighted by Crippen LogP contribution is 2.41. The van der Waals surface area contributed by atoms with E-state index < -0.39 is 0 Å². The van der Waals surface area contributed by atoms with Crippen LogP contribution in [0.3, 0.4) is 0 Å². The maximum atomic E-state index is 10.2. The van der Waals surface area contributed by atoms with Crippen LogP contribution in [-0.2, 0) is 0 Å². The molecule has 2 heteroatoms. The van der Waals surface area contributed by atoms with Gasteiger partial charge in [-0.25, -0.2) is 0 Å². The molecule has 0 spiro atoms. The molecule has 3 unspecified atom stereocenters. The average Bonchev–Trinajstić information content (AvgIpc) is 2.67. The molecule has 3 atom stereocenters. The molecule has 20 heavy (non-hydrogen) atoms. The van der Waals surface area contributed by atoms with Crippen molar-refractivity contribution in [3.63, 3.8) is 0 Å². The first-order valence-electron chi connectivity index (χ1n) is 8.96. The molecule has 2 rings (SSSR count). The van der Waals surface area contributed by atoms with Crippen LogP contribution in [0.5, 0.6) is 0 Å². The first-order chi connectivity index (χ1) is 9.57. The van der Waals surface area contributed by atoms with Crippen molar-refractivity contribution < 1.29 is 5.11 Å². The van der Waals surface area contributed by atoms with Crippen LogP contribution in [-0.4, -0.2) is 23.3 Å². The first kappa shape index (κ1) is 16.3. The minimum Gasteiger partial charge on any atom is -0.394 e. The molecule has 0 heterocycles. The van der Waals surface area contributed by atoms with E-state index in [4.69, 9.17) is 0 Å². The van der Waals surface area contributed by atoms with Crippen LogP contribution >= 0.6 is 0 Å². The third kappa shape index (κ3) is 3.76. The molecule has 0 radical (unpaired) electrons.